The topological polar surface area (TPSA) is 137 Å². The van der Waals surface area contributed by atoms with Crippen LogP contribution in [0.4, 0.5) is 10.5 Å². The number of pyridine rings is 1. The second-order valence-electron chi connectivity index (χ2n) is 6.08. The highest BCUT2D eigenvalue weighted by Gasteiger charge is 2.29. The fourth-order valence-electron chi connectivity index (χ4n) is 1.85. The Kier molecular flexibility index (Phi) is 5.61. The van der Waals surface area contributed by atoms with Crippen LogP contribution in [-0.4, -0.2) is 34.6 Å². The maximum absolute atomic E-state index is 12.4. The van der Waals surface area contributed by atoms with Gasteiger partial charge in [-0.2, -0.15) is 0 Å². The van der Waals surface area contributed by atoms with Gasteiger partial charge in [0.1, 0.15) is 12.3 Å². The molecule has 2 amide bonds. The zero-order valence-corrected chi connectivity index (χ0v) is 13.5. The first-order valence-electron chi connectivity index (χ1n) is 6.87. The first kappa shape index (κ1) is 18.3. The van der Waals surface area contributed by atoms with E-state index in [1.54, 1.807) is 0 Å². The number of nitrogens with zero attached hydrogens (tertiary/aromatic N) is 2. The maximum Gasteiger partial charge on any atom is 0.404 e. The summed E-state index contributed by atoms with van der Waals surface area (Å²) >= 11 is 0. The Labute approximate surface area is 133 Å². The summed E-state index contributed by atoms with van der Waals surface area (Å²) in [5.41, 5.74) is 4.44. The minimum atomic E-state index is -0.946. The third-order valence-corrected chi connectivity index (χ3v) is 3.33. The van der Waals surface area contributed by atoms with E-state index in [-0.39, 0.29) is 23.6 Å². The third kappa shape index (κ3) is 4.90. The van der Waals surface area contributed by atoms with E-state index in [1.165, 1.54) is 19.2 Å². The highest BCUT2D eigenvalue weighted by Crippen LogP contribution is 2.22. The van der Waals surface area contributed by atoms with Gasteiger partial charge in [0.2, 0.25) is 0 Å². The number of carbonyl (C=O) groups excluding carboxylic acids is 2. The van der Waals surface area contributed by atoms with Crippen molar-refractivity contribution in [3.63, 3.8) is 0 Å². The van der Waals surface area contributed by atoms with Crippen LogP contribution in [0.5, 0.6) is 0 Å². The second-order valence-corrected chi connectivity index (χ2v) is 6.08. The Balaban J connectivity index is 3.01. The van der Waals surface area contributed by atoms with Crippen LogP contribution in [-0.2, 0) is 4.74 Å². The average Bonchev–Trinajstić information content (AvgIpc) is 2.41. The number of hydrogen-bond donors (Lipinski definition) is 2. The molecule has 0 aliphatic rings. The fourth-order valence-corrected chi connectivity index (χ4v) is 1.85. The molecule has 0 bridgehead atoms. The summed E-state index contributed by atoms with van der Waals surface area (Å²) in [6.45, 7) is 6.87. The molecule has 1 aromatic rings. The van der Waals surface area contributed by atoms with E-state index in [0.29, 0.717) is 0 Å². The monoisotopic (exact) mass is 324 g/mol. The lowest BCUT2D eigenvalue weighted by Crippen LogP contribution is -2.47. The highest BCUT2D eigenvalue weighted by atomic mass is 16.6. The van der Waals surface area contributed by atoms with E-state index >= 15 is 0 Å². The summed E-state index contributed by atoms with van der Waals surface area (Å²) in [5.74, 6) is -0.584. The van der Waals surface area contributed by atoms with Gasteiger partial charge in [-0.3, -0.25) is 19.9 Å². The van der Waals surface area contributed by atoms with E-state index in [0.717, 1.165) is 0 Å². The Hall–Kier alpha value is -2.71. The number of nitrogens with two attached hydrogens (primary N) is 1. The Bertz CT molecular complexity index is 624. The minimum Gasteiger partial charge on any atom is -0.448 e. The Morgan fingerprint density at radius 1 is 1.48 bits per heavy atom. The van der Waals surface area contributed by atoms with Gasteiger partial charge in [0.15, 0.2) is 0 Å². The molecule has 0 aliphatic carbocycles. The number of aromatic nitrogens is 1. The average molecular weight is 324 g/mol. The van der Waals surface area contributed by atoms with Crippen molar-refractivity contribution < 1.29 is 19.2 Å². The van der Waals surface area contributed by atoms with Crippen LogP contribution in [0.2, 0.25) is 0 Å². The quantitative estimate of drug-likeness (QED) is 0.622. The summed E-state index contributed by atoms with van der Waals surface area (Å²) in [7, 11) is 0. The van der Waals surface area contributed by atoms with Gasteiger partial charge in [0.05, 0.1) is 16.5 Å². The summed E-state index contributed by atoms with van der Waals surface area (Å²) < 4.78 is 4.75. The third-order valence-electron chi connectivity index (χ3n) is 3.33. The second kappa shape index (κ2) is 7.03. The van der Waals surface area contributed by atoms with Crippen molar-refractivity contribution in [3.8, 4) is 0 Å². The predicted molar refractivity (Wildman–Crippen MR) is 81.9 cm³/mol. The molecule has 0 fully saturated rings. The molecule has 0 spiro atoms. The van der Waals surface area contributed by atoms with Crippen molar-refractivity contribution in [1.29, 1.82) is 0 Å². The van der Waals surface area contributed by atoms with Gasteiger partial charge in [-0.25, -0.2) is 4.79 Å². The number of primary amides is 1. The van der Waals surface area contributed by atoms with Gasteiger partial charge in [-0.05, 0) is 12.3 Å². The first-order chi connectivity index (χ1) is 10.5. The number of rotatable bonds is 5. The van der Waals surface area contributed by atoms with Crippen LogP contribution >= 0.6 is 0 Å². The molecule has 0 saturated heterocycles. The molecule has 0 saturated carbocycles. The van der Waals surface area contributed by atoms with Gasteiger partial charge in [0.25, 0.3) is 11.6 Å². The zero-order valence-electron chi connectivity index (χ0n) is 13.5. The van der Waals surface area contributed by atoms with E-state index in [2.05, 4.69) is 10.3 Å². The van der Waals surface area contributed by atoms with E-state index in [4.69, 9.17) is 10.5 Å². The summed E-state index contributed by atoms with van der Waals surface area (Å²) in [5, 5.41) is 13.6. The van der Waals surface area contributed by atoms with Crippen LogP contribution in [0.3, 0.4) is 0 Å². The van der Waals surface area contributed by atoms with Crippen LogP contribution in [0.1, 0.15) is 36.8 Å². The lowest BCUT2D eigenvalue weighted by atomic mass is 9.87. The SMILES string of the molecule is Cc1c([N+](=O)[O-])ccnc1C(=O)NC(COC(N)=O)C(C)(C)C. The van der Waals surface area contributed by atoms with Gasteiger partial charge in [-0.1, -0.05) is 20.8 Å². The molecule has 0 radical (unpaired) electrons. The number of nitrogens with one attached hydrogen (secondary N) is 1. The van der Waals surface area contributed by atoms with Gasteiger partial charge >= 0.3 is 6.09 Å². The van der Waals surface area contributed by atoms with Crippen LogP contribution in [0, 0.1) is 22.5 Å². The Morgan fingerprint density at radius 2 is 2.09 bits per heavy atom. The molecule has 1 unspecified atom stereocenters. The number of carbonyl (C=O) groups is 2. The molecule has 0 aromatic carbocycles. The van der Waals surface area contributed by atoms with Crippen molar-refractivity contribution in [1.82, 2.24) is 10.3 Å². The smallest absolute Gasteiger partial charge is 0.404 e. The normalized spacial score (nSPS) is 12.3. The number of amides is 2. The number of nitro groups is 1. The van der Waals surface area contributed by atoms with Crippen molar-refractivity contribution in [2.24, 2.45) is 11.1 Å². The van der Waals surface area contributed by atoms with E-state index < -0.39 is 28.4 Å². The minimum absolute atomic E-state index is 0.0486. The van der Waals surface area contributed by atoms with E-state index in [1.807, 2.05) is 20.8 Å². The summed E-state index contributed by atoms with van der Waals surface area (Å²) in [6, 6.07) is 0.687. The number of ether oxygens (including phenoxy) is 1. The lowest BCUT2D eigenvalue weighted by molar-refractivity contribution is -0.385. The summed E-state index contributed by atoms with van der Waals surface area (Å²) in [4.78, 5) is 37.4. The van der Waals surface area contributed by atoms with E-state index in [9.17, 15) is 19.7 Å². The maximum atomic E-state index is 12.4. The standard InChI is InChI=1S/C14H20N4O5/c1-8-9(18(21)22)5-6-16-11(8)12(19)17-10(14(2,3)4)7-23-13(15)20/h5-6,10H,7H2,1-4H3,(H2,15,20)(H,17,19). The van der Waals surface area contributed by atoms with Crippen LogP contribution < -0.4 is 11.1 Å². The van der Waals surface area contributed by atoms with Crippen molar-refractivity contribution in [2.75, 3.05) is 6.61 Å². The molecule has 1 atom stereocenters. The molecule has 9 nitrogen and oxygen atoms in total. The highest BCUT2D eigenvalue weighted by molar-refractivity contribution is 5.94. The first-order valence-corrected chi connectivity index (χ1v) is 6.87. The van der Waals surface area contributed by atoms with Gasteiger partial charge in [0, 0.05) is 12.3 Å². The predicted octanol–water partition coefficient (Wildman–Crippen LogP) is 1.54. The van der Waals surface area contributed by atoms with Crippen molar-refractivity contribution >= 4 is 17.7 Å². The van der Waals surface area contributed by atoms with Crippen LogP contribution in [0.25, 0.3) is 0 Å². The molecule has 9 heteroatoms. The van der Waals surface area contributed by atoms with Crippen molar-refractivity contribution in [3.05, 3.63) is 33.6 Å². The molecule has 23 heavy (non-hydrogen) atoms. The van der Waals surface area contributed by atoms with Crippen molar-refractivity contribution in [2.45, 2.75) is 33.7 Å². The molecule has 3 N–H and O–H groups in total. The fraction of sp³-hybridized carbons (Fsp3) is 0.500. The molecule has 1 rings (SSSR count). The Morgan fingerprint density at radius 3 is 2.57 bits per heavy atom. The molecular weight excluding hydrogens is 304 g/mol. The van der Waals surface area contributed by atoms with Gasteiger partial charge in [-0.15, -0.1) is 0 Å². The summed E-state index contributed by atoms with van der Waals surface area (Å²) in [6.07, 6.45) is 0.254. The molecule has 1 heterocycles. The zero-order chi connectivity index (χ0) is 17.8. The molecule has 126 valence electrons. The largest absolute Gasteiger partial charge is 0.448 e. The lowest BCUT2D eigenvalue weighted by Gasteiger charge is -2.30. The molecular formula is C14H20N4O5. The van der Waals surface area contributed by atoms with Crippen LogP contribution in [0.15, 0.2) is 12.3 Å². The van der Waals surface area contributed by atoms with Gasteiger partial charge < -0.3 is 15.8 Å². The number of hydrogen-bond acceptors (Lipinski definition) is 6. The molecule has 0 aliphatic heterocycles. The molecule has 1 aromatic heterocycles.